The van der Waals surface area contributed by atoms with Gasteiger partial charge in [-0.3, -0.25) is 14.4 Å². The van der Waals surface area contributed by atoms with Crippen molar-refractivity contribution in [3.05, 3.63) is 81.9 Å². The van der Waals surface area contributed by atoms with Crippen molar-refractivity contribution in [2.75, 3.05) is 4.90 Å². The number of benzene rings is 2. The lowest BCUT2D eigenvalue weighted by atomic mass is 10.1. The first-order valence-electron chi connectivity index (χ1n) is 7.29. The van der Waals surface area contributed by atoms with E-state index in [4.69, 9.17) is 23.2 Å². The molecule has 4 nitrogen and oxygen atoms in total. The maximum Gasteiger partial charge on any atom is 0.258 e. The SMILES string of the molecule is O=C(/C=C/c1ccc(Cl)c(Cl)c1)c1ccc(N2C(=O)C=CC2=O)cc1. The highest BCUT2D eigenvalue weighted by Gasteiger charge is 2.24. The molecule has 6 heteroatoms. The molecular formula is C19H11Cl2NO3. The molecule has 1 heterocycles. The van der Waals surface area contributed by atoms with Crippen LogP contribution >= 0.6 is 23.2 Å². The highest BCUT2D eigenvalue weighted by Crippen LogP contribution is 2.23. The number of carbonyl (C=O) groups excluding carboxylic acids is 3. The summed E-state index contributed by atoms with van der Waals surface area (Å²) in [5.74, 6) is -1.01. The molecule has 2 aromatic rings. The second kappa shape index (κ2) is 7.05. The average molecular weight is 372 g/mol. The van der Waals surface area contributed by atoms with Crippen molar-refractivity contribution in [2.45, 2.75) is 0 Å². The van der Waals surface area contributed by atoms with E-state index in [1.807, 2.05) is 0 Å². The third-order valence-electron chi connectivity index (χ3n) is 3.59. The number of amides is 2. The highest BCUT2D eigenvalue weighted by atomic mass is 35.5. The number of carbonyl (C=O) groups is 3. The molecule has 0 atom stereocenters. The normalized spacial score (nSPS) is 13.9. The van der Waals surface area contributed by atoms with E-state index in [1.165, 1.54) is 18.2 Å². The van der Waals surface area contributed by atoms with Crippen molar-refractivity contribution < 1.29 is 14.4 Å². The van der Waals surface area contributed by atoms with Gasteiger partial charge in [-0.25, -0.2) is 4.90 Å². The molecule has 0 spiro atoms. The summed E-state index contributed by atoms with van der Waals surface area (Å²) in [6.45, 7) is 0. The summed E-state index contributed by atoms with van der Waals surface area (Å²) in [4.78, 5) is 36.5. The summed E-state index contributed by atoms with van der Waals surface area (Å²) in [6.07, 6.45) is 5.47. The minimum absolute atomic E-state index is 0.213. The molecule has 0 radical (unpaired) electrons. The molecule has 0 fully saturated rings. The number of hydrogen-bond donors (Lipinski definition) is 0. The van der Waals surface area contributed by atoms with Crippen molar-refractivity contribution in [2.24, 2.45) is 0 Å². The number of hydrogen-bond acceptors (Lipinski definition) is 3. The zero-order valence-electron chi connectivity index (χ0n) is 12.8. The molecule has 2 aromatic carbocycles. The lowest BCUT2D eigenvalue weighted by Gasteiger charge is -2.13. The van der Waals surface area contributed by atoms with E-state index in [0.717, 1.165) is 10.5 Å². The Morgan fingerprint density at radius 1 is 0.880 bits per heavy atom. The molecule has 1 aliphatic rings. The molecule has 0 N–H and O–H groups in total. The van der Waals surface area contributed by atoms with Gasteiger partial charge in [0, 0.05) is 17.7 Å². The Hall–Kier alpha value is -2.69. The fraction of sp³-hybridized carbons (Fsp3) is 0. The van der Waals surface area contributed by atoms with Crippen LogP contribution in [0, 0.1) is 0 Å². The van der Waals surface area contributed by atoms with Crippen LogP contribution in [0.4, 0.5) is 5.69 Å². The van der Waals surface area contributed by atoms with Gasteiger partial charge in [0.15, 0.2) is 5.78 Å². The van der Waals surface area contributed by atoms with Crippen LogP contribution in [0.5, 0.6) is 0 Å². The summed E-state index contributed by atoms with van der Waals surface area (Å²) in [6, 6.07) is 11.3. The molecule has 124 valence electrons. The van der Waals surface area contributed by atoms with Crippen LogP contribution in [0.2, 0.25) is 10.0 Å². The lowest BCUT2D eigenvalue weighted by Crippen LogP contribution is -2.29. The summed E-state index contributed by atoms with van der Waals surface area (Å²) in [7, 11) is 0. The van der Waals surface area contributed by atoms with E-state index in [-0.39, 0.29) is 5.78 Å². The van der Waals surface area contributed by atoms with Crippen molar-refractivity contribution in [1.82, 2.24) is 0 Å². The fourth-order valence-corrected chi connectivity index (χ4v) is 2.62. The Labute approximate surface area is 154 Å². The Balaban J connectivity index is 1.74. The van der Waals surface area contributed by atoms with Gasteiger partial charge in [-0.1, -0.05) is 35.3 Å². The van der Waals surface area contributed by atoms with Gasteiger partial charge >= 0.3 is 0 Å². The summed E-state index contributed by atoms with van der Waals surface area (Å²) in [5, 5.41) is 0.857. The van der Waals surface area contributed by atoms with Crippen LogP contribution in [-0.2, 0) is 9.59 Å². The molecule has 0 saturated carbocycles. The minimum Gasteiger partial charge on any atom is -0.289 e. The molecule has 3 rings (SSSR count). The number of halogens is 2. The van der Waals surface area contributed by atoms with Crippen molar-refractivity contribution >= 4 is 52.6 Å². The predicted octanol–water partition coefficient (Wildman–Crippen LogP) is 4.32. The molecule has 0 aliphatic carbocycles. The number of allylic oxidation sites excluding steroid dienone is 1. The van der Waals surface area contributed by atoms with Gasteiger partial charge in [0.1, 0.15) is 0 Å². The van der Waals surface area contributed by atoms with Gasteiger partial charge in [0.25, 0.3) is 11.8 Å². The van der Waals surface area contributed by atoms with E-state index in [9.17, 15) is 14.4 Å². The Kier molecular flexibility index (Phi) is 4.83. The second-order valence-corrected chi connectivity index (χ2v) is 6.08. The largest absolute Gasteiger partial charge is 0.289 e. The van der Waals surface area contributed by atoms with Crippen molar-refractivity contribution in [3.63, 3.8) is 0 Å². The summed E-state index contributed by atoms with van der Waals surface area (Å²) in [5.41, 5.74) is 1.61. The maximum atomic E-state index is 12.2. The molecule has 1 aliphatic heterocycles. The number of rotatable bonds is 4. The third-order valence-corrected chi connectivity index (χ3v) is 4.33. The quantitative estimate of drug-likeness (QED) is 0.456. The van der Waals surface area contributed by atoms with E-state index < -0.39 is 11.8 Å². The Morgan fingerprint density at radius 2 is 1.52 bits per heavy atom. The van der Waals surface area contributed by atoms with Crippen LogP contribution in [0.25, 0.3) is 6.08 Å². The zero-order valence-corrected chi connectivity index (χ0v) is 14.3. The zero-order chi connectivity index (χ0) is 18.0. The number of anilines is 1. The van der Waals surface area contributed by atoms with Crippen molar-refractivity contribution in [3.8, 4) is 0 Å². The van der Waals surface area contributed by atoms with Crippen LogP contribution in [0.3, 0.4) is 0 Å². The topological polar surface area (TPSA) is 54.5 Å². The lowest BCUT2D eigenvalue weighted by molar-refractivity contribution is -0.119. The van der Waals surface area contributed by atoms with E-state index in [2.05, 4.69) is 0 Å². The standard InChI is InChI=1S/C19H11Cl2NO3/c20-15-7-1-12(11-16(15)21)2-8-17(23)13-3-5-14(6-4-13)22-18(24)9-10-19(22)25/h1-11H/b8-2+. The minimum atomic E-state index is -0.399. The summed E-state index contributed by atoms with van der Waals surface area (Å²) < 4.78 is 0. The van der Waals surface area contributed by atoms with Crippen LogP contribution in [0.15, 0.2) is 60.7 Å². The van der Waals surface area contributed by atoms with Crippen LogP contribution < -0.4 is 4.90 Å². The first-order valence-corrected chi connectivity index (χ1v) is 8.05. The molecule has 2 amide bonds. The monoisotopic (exact) mass is 371 g/mol. The predicted molar refractivity (Wildman–Crippen MR) is 97.9 cm³/mol. The van der Waals surface area contributed by atoms with Crippen molar-refractivity contribution in [1.29, 1.82) is 0 Å². The Bertz CT molecular complexity index is 912. The van der Waals surface area contributed by atoms with Gasteiger partial charge < -0.3 is 0 Å². The number of nitrogens with zero attached hydrogens (tertiary/aromatic N) is 1. The average Bonchev–Trinajstić information content (AvgIpc) is 2.94. The second-order valence-electron chi connectivity index (χ2n) is 5.26. The maximum absolute atomic E-state index is 12.2. The Morgan fingerprint density at radius 3 is 2.12 bits per heavy atom. The molecular weight excluding hydrogens is 361 g/mol. The number of ketones is 1. The van der Waals surface area contributed by atoms with Gasteiger partial charge in [-0.15, -0.1) is 0 Å². The first kappa shape index (κ1) is 17.1. The summed E-state index contributed by atoms with van der Waals surface area (Å²) >= 11 is 11.8. The number of imide groups is 1. The van der Waals surface area contributed by atoms with E-state index >= 15 is 0 Å². The molecule has 0 unspecified atom stereocenters. The molecule has 0 saturated heterocycles. The van der Waals surface area contributed by atoms with Gasteiger partial charge in [0.2, 0.25) is 0 Å². The third kappa shape index (κ3) is 3.71. The fourth-order valence-electron chi connectivity index (χ4n) is 2.31. The van der Waals surface area contributed by atoms with Gasteiger partial charge in [-0.2, -0.15) is 0 Å². The molecule has 25 heavy (non-hydrogen) atoms. The smallest absolute Gasteiger partial charge is 0.258 e. The van der Waals surface area contributed by atoms with Crippen LogP contribution in [0.1, 0.15) is 15.9 Å². The highest BCUT2D eigenvalue weighted by molar-refractivity contribution is 6.42. The molecule has 0 aromatic heterocycles. The first-order chi connectivity index (χ1) is 12.0. The molecule has 0 bridgehead atoms. The van der Waals surface area contributed by atoms with Gasteiger partial charge in [-0.05, 0) is 48.0 Å². The van der Waals surface area contributed by atoms with E-state index in [1.54, 1.807) is 48.5 Å². The van der Waals surface area contributed by atoms with Gasteiger partial charge in [0.05, 0.1) is 15.7 Å². The van der Waals surface area contributed by atoms with E-state index in [0.29, 0.717) is 21.3 Å². The van der Waals surface area contributed by atoms with Crippen LogP contribution in [-0.4, -0.2) is 17.6 Å².